The Morgan fingerprint density at radius 1 is 1.20 bits per heavy atom. The van der Waals surface area contributed by atoms with Crippen molar-refractivity contribution < 1.29 is 14.3 Å². The maximum absolute atomic E-state index is 13.2. The van der Waals surface area contributed by atoms with E-state index in [1.54, 1.807) is 24.3 Å². The third-order valence-electron chi connectivity index (χ3n) is 2.57. The summed E-state index contributed by atoms with van der Waals surface area (Å²) in [5.74, 6) is -0.801. The summed E-state index contributed by atoms with van der Waals surface area (Å²) >= 11 is 8.04. The van der Waals surface area contributed by atoms with Gasteiger partial charge in [0, 0.05) is 19.6 Å². The van der Waals surface area contributed by atoms with E-state index in [0.717, 1.165) is 14.5 Å². The molecule has 0 aliphatic carbocycles. The lowest BCUT2D eigenvalue weighted by atomic mass is 10.2. The van der Waals surface area contributed by atoms with Crippen molar-refractivity contribution in [2.45, 2.75) is 10.6 Å². The molecular weight excluding hydrogens is 411 g/mol. The number of aromatic carboxylic acids is 1. The van der Waals surface area contributed by atoms with E-state index in [4.69, 9.17) is 5.11 Å². The van der Waals surface area contributed by atoms with Gasteiger partial charge in [-0.05, 0) is 42.0 Å². The van der Waals surface area contributed by atoms with Crippen molar-refractivity contribution in [2.75, 3.05) is 0 Å². The molecule has 2 aromatic carbocycles. The van der Waals surface area contributed by atoms with Crippen LogP contribution in [0.2, 0.25) is 0 Å². The quantitative estimate of drug-likeness (QED) is 0.679. The highest BCUT2D eigenvalue weighted by Gasteiger charge is 2.12. The molecule has 0 bridgehead atoms. The van der Waals surface area contributed by atoms with Gasteiger partial charge in [0.2, 0.25) is 0 Å². The Labute approximate surface area is 136 Å². The summed E-state index contributed by atoms with van der Waals surface area (Å²) in [7, 11) is 0. The van der Waals surface area contributed by atoms with Gasteiger partial charge in [0.25, 0.3) is 0 Å². The summed E-state index contributed by atoms with van der Waals surface area (Å²) in [4.78, 5) is 11.8. The number of rotatable bonds is 4. The van der Waals surface area contributed by atoms with Crippen LogP contribution in [0.15, 0.2) is 50.2 Å². The third-order valence-corrected chi connectivity index (χ3v) is 4.94. The van der Waals surface area contributed by atoms with Crippen molar-refractivity contribution >= 4 is 49.6 Å². The molecule has 20 heavy (non-hydrogen) atoms. The lowest BCUT2D eigenvalue weighted by Gasteiger charge is -2.08. The number of hydrogen-bond donors (Lipinski definition) is 1. The summed E-state index contributed by atoms with van der Waals surface area (Å²) in [5.41, 5.74) is 1.03. The average Bonchev–Trinajstić information content (AvgIpc) is 2.39. The minimum absolute atomic E-state index is 0.241. The van der Waals surface area contributed by atoms with E-state index in [2.05, 4.69) is 31.9 Å². The molecule has 104 valence electrons. The van der Waals surface area contributed by atoms with Gasteiger partial charge in [-0.15, -0.1) is 11.8 Å². The van der Waals surface area contributed by atoms with E-state index in [1.165, 1.54) is 23.9 Å². The van der Waals surface area contributed by atoms with Gasteiger partial charge in [-0.3, -0.25) is 0 Å². The first-order chi connectivity index (χ1) is 9.47. The normalized spacial score (nSPS) is 10.6. The van der Waals surface area contributed by atoms with Crippen LogP contribution in [0, 0.1) is 5.82 Å². The first-order valence-corrected chi connectivity index (χ1v) is 8.14. The molecule has 0 spiro atoms. The molecule has 0 aliphatic rings. The summed E-state index contributed by atoms with van der Waals surface area (Å²) in [6.07, 6.45) is 0. The molecule has 0 fully saturated rings. The van der Waals surface area contributed by atoms with Crippen molar-refractivity contribution in [3.8, 4) is 0 Å². The van der Waals surface area contributed by atoms with Gasteiger partial charge in [0.15, 0.2) is 0 Å². The fourth-order valence-corrected chi connectivity index (χ4v) is 3.76. The molecule has 0 saturated heterocycles. The minimum Gasteiger partial charge on any atom is -0.478 e. The van der Waals surface area contributed by atoms with Crippen molar-refractivity contribution in [1.82, 2.24) is 0 Å². The highest BCUT2D eigenvalue weighted by Crippen LogP contribution is 2.31. The maximum atomic E-state index is 13.2. The Balaban J connectivity index is 2.24. The molecule has 0 unspecified atom stereocenters. The van der Waals surface area contributed by atoms with Crippen LogP contribution in [-0.4, -0.2) is 11.1 Å². The summed E-state index contributed by atoms with van der Waals surface area (Å²) in [6.45, 7) is 0. The Kier molecular flexibility index (Phi) is 5.23. The van der Waals surface area contributed by atoms with E-state index in [9.17, 15) is 9.18 Å². The SMILES string of the molecule is O=C(O)c1ccc(Br)cc1SCc1cc(F)ccc1Br. The molecule has 0 atom stereocenters. The number of thioether (sulfide) groups is 1. The van der Waals surface area contributed by atoms with E-state index in [0.29, 0.717) is 10.6 Å². The van der Waals surface area contributed by atoms with Crippen molar-refractivity contribution in [3.63, 3.8) is 0 Å². The van der Waals surface area contributed by atoms with Gasteiger partial charge in [-0.1, -0.05) is 31.9 Å². The lowest BCUT2D eigenvalue weighted by molar-refractivity contribution is 0.0693. The van der Waals surface area contributed by atoms with Gasteiger partial charge in [0.1, 0.15) is 5.82 Å². The standard InChI is InChI=1S/C14H9Br2FO2S/c15-9-1-3-11(14(18)19)13(6-9)20-7-8-5-10(17)2-4-12(8)16/h1-6H,7H2,(H,18,19). The van der Waals surface area contributed by atoms with Gasteiger partial charge >= 0.3 is 5.97 Å². The molecule has 2 aromatic rings. The molecule has 0 aromatic heterocycles. The molecular formula is C14H9Br2FO2S. The van der Waals surface area contributed by atoms with Crippen LogP contribution in [0.3, 0.4) is 0 Å². The van der Waals surface area contributed by atoms with E-state index in [1.807, 2.05) is 0 Å². The predicted molar refractivity (Wildman–Crippen MR) is 84.8 cm³/mol. The molecule has 1 N–H and O–H groups in total. The molecule has 6 heteroatoms. The summed E-state index contributed by atoms with van der Waals surface area (Å²) < 4.78 is 14.8. The third kappa shape index (κ3) is 3.84. The van der Waals surface area contributed by atoms with Crippen LogP contribution in [0.4, 0.5) is 4.39 Å². The fourth-order valence-electron chi connectivity index (χ4n) is 1.60. The largest absolute Gasteiger partial charge is 0.478 e. The van der Waals surface area contributed by atoms with E-state index in [-0.39, 0.29) is 11.4 Å². The van der Waals surface area contributed by atoms with Crippen molar-refractivity contribution in [1.29, 1.82) is 0 Å². The second kappa shape index (κ2) is 6.74. The maximum Gasteiger partial charge on any atom is 0.336 e. The number of hydrogen-bond acceptors (Lipinski definition) is 2. The molecule has 0 saturated carbocycles. The second-order valence-corrected chi connectivity index (χ2v) is 6.76. The first-order valence-electron chi connectivity index (χ1n) is 5.57. The van der Waals surface area contributed by atoms with Crippen LogP contribution < -0.4 is 0 Å². The van der Waals surface area contributed by atoms with Gasteiger partial charge in [-0.2, -0.15) is 0 Å². The zero-order chi connectivity index (χ0) is 14.7. The van der Waals surface area contributed by atoms with Crippen LogP contribution in [0.5, 0.6) is 0 Å². The number of carboxylic acid groups (broad SMARTS) is 1. The molecule has 2 nitrogen and oxygen atoms in total. The van der Waals surface area contributed by atoms with Crippen LogP contribution in [0.1, 0.15) is 15.9 Å². The highest BCUT2D eigenvalue weighted by atomic mass is 79.9. The monoisotopic (exact) mass is 418 g/mol. The van der Waals surface area contributed by atoms with Crippen molar-refractivity contribution in [3.05, 3.63) is 62.3 Å². The zero-order valence-corrected chi connectivity index (χ0v) is 14.1. The molecule has 0 heterocycles. The van der Waals surface area contributed by atoms with Gasteiger partial charge < -0.3 is 5.11 Å². The summed E-state index contributed by atoms with van der Waals surface area (Å²) in [5, 5.41) is 9.15. The van der Waals surface area contributed by atoms with Crippen molar-refractivity contribution in [2.24, 2.45) is 0 Å². The van der Waals surface area contributed by atoms with Gasteiger partial charge in [0.05, 0.1) is 5.56 Å². The highest BCUT2D eigenvalue weighted by molar-refractivity contribution is 9.10. The molecule has 2 rings (SSSR count). The van der Waals surface area contributed by atoms with Crippen LogP contribution >= 0.6 is 43.6 Å². The average molecular weight is 420 g/mol. The topological polar surface area (TPSA) is 37.3 Å². The Morgan fingerprint density at radius 2 is 1.95 bits per heavy atom. The molecule has 0 amide bonds. The first kappa shape index (κ1) is 15.5. The minimum atomic E-state index is -0.974. The fraction of sp³-hybridized carbons (Fsp3) is 0.0714. The second-order valence-electron chi connectivity index (χ2n) is 3.97. The Hall–Kier alpha value is -0.850. The van der Waals surface area contributed by atoms with E-state index < -0.39 is 5.97 Å². The Morgan fingerprint density at radius 3 is 2.65 bits per heavy atom. The lowest BCUT2D eigenvalue weighted by Crippen LogP contribution is -1.99. The van der Waals surface area contributed by atoms with E-state index >= 15 is 0 Å². The summed E-state index contributed by atoms with van der Waals surface area (Å²) in [6, 6.07) is 9.45. The number of benzene rings is 2. The zero-order valence-electron chi connectivity index (χ0n) is 10.1. The van der Waals surface area contributed by atoms with Gasteiger partial charge in [-0.25, -0.2) is 9.18 Å². The number of halogens is 3. The Bertz CT molecular complexity index is 662. The smallest absolute Gasteiger partial charge is 0.336 e. The number of carbonyl (C=O) groups is 1. The molecule has 0 aliphatic heterocycles. The number of carboxylic acids is 1. The molecule has 0 radical (unpaired) electrons. The van der Waals surface area contributed by atoms with Crippen LogP contribution in [-0.2, 0) is 5.75 Å². The predicted octanol–water partition coefficient (Wildman–Crippen LogP) is 5.34. The van der Waals surface area contributed by atoms with Crippen LogP contribution in [0.25, 0.3) is 0 Å².